The second-order valence-electron chi connectivity index (χ2n) is 7.63. The molecule has 1 aromatic rings. The summed E-state index contributed by atoms with van der Waals surface area (Å²) in [5.41, 5.74) is -2.79. The Bertz CT molecular complexity index is 652. The Balaban J connectivity index is 3.23. The van der Waals surface area contributed by atoms with E-state index in [9.17, 15) is 44.6 Å². The minimum atomic E-state index is -6.98. The van der Waals surface area contributed by atoms with E-state index < -0.39 is 36.0 Å². The fraction of sp³-hybridized carbons (Fsp3) is 0.647. The molecule has 1 aromatic carbocycles. The quantitative estimate of drug-likeness (QED) is 0.586. The molecule has 0 heterocycles. The molecule has 27 heavy (non-hydrogen) atoms. The van der Waals surface area contributed by atoms with Crippen molar-refractivity contribution in [2.24, 2.45) is 0 Å². The van der Waals surface area contributed by atoms with Crippen molar-refractivity contribution in [1.82, 2.24) is 0 Å². The van der Waals surface area contributed by atoms with Gasteiger partial charge in [0, 0.05) is 0 Å². The normalized spacial score (nSPS) is 17.0. The average Bonchev–Trinajstić information content (AvgIpc) is 2.43. The first kappa shape index (κ1) is 23.6. The van der Waals surface area contributed by atoms with Gasteiger partial charge in [0.25, 0.3) is 0 Å². The molecule has 0 saturated heterocycles. The zero-order valence-electron chi connectivity index (χ0n) is 14.9. The largest absolute Gasteiger partial charge is 0.460 e. The van der Waals surface area contributed by atoms with Gasteiger partial charge >= 0.3 is 23.9 Å². The van der Waals surface area contributed by atoms with E-state index in [1.54, 1.807) is 0 Å². The highest BCUT2D eigenvalue weighted by molar-refractivity contribution is 5.31. The molecule has 0 aromatic heterocycles. The van der Waals surface area contributed by atoms with E-state index in [4.69, 9.17) is 0 Å². The lowest BCUT2D eigenvalue weighted by atomic mass is 9.82. The highest BCUT2D eigenvalue weighted by Gasteiger charge is 2.81. The molecular formula is C17H19F9O. The zero-order chi connectivity index (χ0) is 21.7. The van der Waals surface area contributed by atoms with Crippen molar-refractivity contribution >= 4 is 0 Å². The topological polar surface area (TPSA) is 20.2 Å². The Morgan fingerprint density at radius 1 is 0.667 bits per heavy atom. The summed E-state index contributed by atoms with van der Waals surface area (Å²) in [7, 11) is 0. The summed E-state index contributed by atoms with van der Waals surface area (Å²) in [6.45, 7) is 6.07. The van der Waals surface area contributed by atoms with E-state index in [-0.39, 0.29) is 11.0 Å². The Kier molecular flexibility index (Phi) is 5.73. The standard InChI is InChI=1S/C17H19F9O/c1-12(2,3)10-5-7-11(8-6-10)13(4,27)9-14(18,19)15(20,21)16(22,23)17(24,25)26/h5-8,27H,9H2,1-4H3. The van der Waals surface area contributed by atoms with E-state index in [0.717, 1.165) is 12.1 Å². The van der Waals surface area contributed by atoms with Crippen molar-refractivity contribution in [3.63, 3.8) is 0 Å². The van der Waals surface area contributed by atoms with Crippen LogP contribution >= 0.6 is 0 Å². The molecule has 156 valence electrons. The lowest BCUT2D eigenvalue weighted by molar-refractivity contribution is -0.400. The molecule has 0 spiro atoms. The van der Waals surface area contributed by atoms with Crippen molar-refractivity contribution in [3.05, 3.63) is 35.4 Å². The predicted molar refractivity (Wildman–Crippen MR) is 80.2 cm³/mol. The summed E-state index contributed by atoms with van der Waals surface area (Å²) in [4.78, 5) is 0. The average molecular weight is 410 g/mol. The van der Waals surface area contributed by atoms with Crippen LogP contribution in [0.4, 0.5) is 39.5 Å². The maximum absolute atomic E-state index is 13.8. The predicted octanol–water partition coefficient (Wildman–Crippen LogP) is 6.05. The fourth-order valence-corrected chi connectivity index (χ4v) is 2.38. The molecule has 1 nitrogen and oxygen atoms in total. The monoisotopic (exact) mass is 410 g/mol. The number of aliphatic hydroxyl groups is 1. The van der Waals surface area contributed by atoms with Gasteiger partial charge in [0.05, 0.1) is 12.0 Å². The second-order valence-corrected chi connectivity index (χ2v) is 7.63. The summed E-state index contributed by atoms with van der Waals surface area (Å²) >= 11 is 0. The van der Waals surface area contributed by atoms with Gasteiger partial charge in [0.1, 0.15) is 0 Å². The highest BCUT2D eigenvalue weighted by Crippen LogP contribution is 2.55. The fourth-order valence-electron chi connectivity index (χ4n) is 2.38. The molecule has 0 aliphatic rings. The van der Waals surface area contributed by atoms with Gasteiger partial charge in [-0.3, -0.25) is 0 Å². The molecule has 1 unspecified atom stereocenters. The van der Waals surface area contributed by atoms with Crippen LogP contribution in [0.15, 0.2) is 24.3 Å². The molecule has 0 saturated carbocycles. The minimum absolute atomic E-state index is 0.332. The van der Waals surface area contributed by atoms with E-state index in [1.807, 2.05) is 20.8 Å². The molecule has 0 amide bonds. The maximum Gasteiger partial charge on any atom is 0.460 e. The smallest absolute Gasteiger partial charge is 0.385 e. The number of hydrogen-bond acceptors (Lipinski definition) is 1. The maximum atomic E-state index is 13.8. The van der Waals surface area contributed by atoms with Crippen molar-refractivity contribution in [3.8, 4) is 0 Å². The van der Waals surface area contributed by atoms with E-state index >= 15 is 0 Å². The molecule has 0 radical (unpaired) electrons. The van der Waals surface area contributed by atoms with Gasteiger partial charge in [-0.1, -0.05) is 45.0 Å². The van der Waals surface area contributed by atoms with Crippen LogP contribution in [0.5, 0.6) is 0 Å². The Hall–Kier alpha value is -1.45. The number of benzene rings is 1. The molecule has 1 N–H and O–H groups in total. The Morgan fingerprint density at radius 2 is 1.04 bits per heavy atom. The van der Waals surface area contributed by atoms with Crippen LogP contribution in [0, 0.1) is 0 Å². The van der Waals surface area contributed by atoms with Gasteiger partial charge in [0.15, 0.2) is 0 Å². The minimum Gasteiger partial charge on any atom is -0.385 e. The van der Waals surface area contributed by atoms with Crippen LogP contribution in [0.2, 0.25) is 0 Å². The van der Waals surface area contributed by atoms with E-state index in [1.165, 1.54) is 12.1 Å². The first-order chi connectivity index (χ1) is 11.7. The van der Waals surface area contributed by atoms with Gasteiger partial charge in [-0.25, -0.2) is 0 Å². The lowest BCUT2D eigenvalue weighted by Crippen LogP contribution is -2.62. The van der Waals surface area contributed by atoms with Crippen LogP contribution < -0.4 is 0 Å². The summed E-state index contributed by atoms with van der Waals surface area (Å²) in [6.07, 6.45) is -9.23. The van der Waals surface area contributed by atoms with E-state index in [0.29, 0.717) is 12.5 Å². The summed E-state index contributed by atoms with van der Waals surface area (Å²) < 4.78 is 117. The molecular weight excluding hydrogens is 391 g/mol. The Morgan fingerprint density at radius 3 is 1.37 bits per heavy atom. The van der Waals surface area contributed by atoms with Crippen LogP contribution in [-0.4, -0.2) is 29.1 Å². The van der Waals surface area contributed by atoms with E-state index in [2.05, 4.69) is 0 Å². The summed E-state index contributed by atoms with van der Waals surface area (Å²) in [5, 5.41) is 10.1. The van der Waals surface area contributed by atoms with Gasteiger partial charge in [0.2, 0.25) is 0 Å². The van der Waals surface area contributed by atoms with Crippen LogP contribution in [-0.2, 0) is 11.0 Å². The van der Waals surface area contributed by atoms with Crippen molar-refractivity contribution in [1.29, 1.82) is 0 Å². The molecule has 10 heteroatoms. The molecule has 1 atom stereocenters. The molecule has 0 bridgehead atoms. The SMILES string of the molecule is CC(C)(C)c1ccc(C(C)(O)CC(F)(F)C(F)(F)C(F)(F)C(F)(F)F)cc1. The van der Waals surface area contributed by atoms with Crippen LogP contribution in [0.3, 0.4) is 0 Å². The number of alkyl halides is 9. The zero-order valence-corrected chi connectivity index (χ0v) is 14.9. The van der Waals surface area contributed by atoms with Crippen LogP contribution in [0.25, 0.3) is 0 Å². The van der Waals surface area contributed by atoms with Gasteiger partial charge in [-0.2, -0.15) is 39.5 Å². The van der Waals surface area contributed by atoms with Crippen molar-refractivity contribution in [2.75, 3.05) is 0 Å². The highest BCUT2D eigenvalue weighted by atomic mass is 19.4. The number of rotatable bonds is 5. The Labute approximate surface area is 150 Å². The molecule has 0 fully saturated rings. The first-order valence-electron chi connectivity index (χ1n) is 7.70. The number of hydrogen-bond donors (Lipinski definition) is 1. The number of halogens is 9. The van der Waals surface area contributed by atoms with Crippen molar-refractivity contribution < 1.29 is 44.6 Å². The molecule has 0 aliphatic heterocycles. The third-order valence-electron chi connectivity index (χ3n) is 4.15. The molecule has 0 aliphatic carbocycles. The van der Waals surface area contributed by atoms with Gasteiger partial charge < -0.3 is 5.11 Å². The summed E-state index contributed by atoms with van der Waals surface area (Å²) in [5.74, 6) is -19.6. The van der Waals surface area contributed by atoms with Crippen LogP contribution in [0.1, 0.15) is 45.2 Å². The van der Waals surface area contributed by atoms with Crippen molar-refractivity contribution in [2.45, 2.75) is 69.1 Å². The first-order valence-corrected chi connectivity index (χ1v) is 7.70. The van der Waals surface area contributed by atoms with Gasteiger partial charge in [-0.15, -0.1) is 0 Å². The van der Waals surface area contributed by atoms with Gasteiger partial charge in [-0.05, 0) is 23.5 Å². The second kappa shape index (κ2) is 6.56. The third kappa shape index (κ3) is 4.35. The molecule has 1 rings (SSSR count). The summed E-state index contributed by atoms with van der Waals surface area (Å²) in [6, 6.07) is 5.06. The third-order valence-corrected chi connectivity index (χ3v) is 4.15. The lowest BCUT2D eigenvalue weighted by Gasteiger charge is -2.37.